The van der Waals surface area contributed by atoms with Crippen molar-refractivity contribution >= 4 is 34.7 Å². The van der Waals surface area contributed by atoms with Gasteiger partial charge in [0.1, 0.15) is 23.2 Å². The van der Waals surface area contributed by atoms with Crippen LogP contribution in [0.1, 0.15) is 27.6 Å². The van der Waals surface area contributed by atoms with E-state index in [0.29, 0.717) is 16.7 Å². The maximum absolute atomic E-state index is 11.5. The average molecular weight is 450 g/mol. The zero-order chi connectivity index (χ0) is 23.3. The van der Waals surface area contributed by atoms with Crippen LogP contribution in [0.4, 0.5) is 0 Å². The molecule has 1 aliphatic carbocycles. The predicted octanol–water partition coefficient (Wildman–Crippen LogP) is 5.62. The summed E-state index contributed by atoms with van der Waals surface area (Å²) in [6.07, 6.45) is 1.39. The largest absolute Gasteiger partial charge is 0.289 e. The van der Waals surface area contributed by atoms with Crippen LogP contribution < -0.4 is 15.9 Å². The van der Waals surface area contributed by atoms with E-state index in [0.717, 1.165) is 0 Å². The van der Waals surface area contributed by atoms with Crippen molar-refractivity contribution in [3.05, 3.63) is 138 Å². The zero-order valence-corrected chi connectivity index (χ0v) is 19.7. The maximum Gasteiger partial charge on any atom is 0.189 e. The second kappa shape index (κ2) is 9.90. The lowest BCUT2D eigenvalue weighted by atomic mass is 9.90. The van der Waals surface area contributed by atoms with E-state index < -0.39 is 7.26 Å². The molecule has 0 atom stereocenters. The number of hydrogen-bond donors (Lipinski definition) is 0. The average Bonchev–Trinajstić information content (AvgIpc) is 2.89. The minimum atomic E-state index is -1.53. The third kappa shape index (κ3) is 4.62. The molecule has 0 bridgehead atoms. The molecule has 0 aliphatic heterocycles. The summed E-state index contributed by atoms with van der Waals surface area (Å²) in [7, 11) is -1.53. The maximum atomic E-state index is 11.5. The van der Waals surface area contributed by atoms with Gasteiger partial charge in [-0.05, 0) is 49.4 Å². The Kier molecular flexibility index (Phi) is 6.77. The Morgan fingerprint density at radius 1 is 0.515 bits per heavy atom. The molecule has 4 aromatic carbocycles. The molecule has 0 N–H and O–H groups in total. The van der Waals surface area contributed by atoms with Gasteiger partial charge in [-0.15, -0.1) is 0 Å². The first kappa shape index (κ1) is 22.6. The molecule has 2 nitrogen and oxygen atoms in total. The number of allylic oxidation sites excluding steroid dienone is 2. The Hall–Kier alpha value is -3.61. The van der Waals surface area contributed by atoms with Crippen LogP contribution in [-0.4, -0.2) is 18.2 Å². The lowest BCUT2D eigenvalue weighted by molar-refractivity contribution is 0.0984. The van der Waals surface area contributed by atoms with Gasteiger partial charge >= 0.3 is 0 Å². The lowest BCUT2D eigenvalue weighted by Gasteiger charge is -2.22. The van der Waals surface area contributed by atoms with Gasteiger partial charge < -0.3 is 0 Å². The molecule has 0 saturated heterocycles. The Morgan fingerprint density at radius 2 is 0.879 bits per heavy atom. The van der Waals surface area contributed by atoms with Gasteiger partial charge in [-0.1, -0.05) is 78.9 Å². The second-order valence-corrected chi connectivity index (χ2v) is 11.6. The minimum absolute atomic E-state index is 0.0461. The van der Waals surface area contributed by atoms with Gasteiger partial charge in [0, 0.05) is 16.7 Å². The summed E-state index contributed by atoms with van der Waals surface area (Å²) < 4.78 is 0. The molecule has 0 unspecified atom stereocenters. The number of hydrogen-bond acceptors (Lipinski definition) is 2. The van der Waals surface area contributed by atoms with Crippen LogP contribution >= 0.6 is 7.26 Å². The molecule has 0 aromatic heterocycles. The molecular formula is C30H26O2P+. The van der Waals surface area contributed by atoms with Crippen molar-refractivity contribution in [3.8, 4) is 0 Å². The van der Waals surface area contributed by atoms with Crippen molar-refractivity contribution in [1.29, 1.82) is 0 Å². The third-order valence-electron chi connectivity index (χ3n) is 5.96. The van der Waals surface area contributed by atoms with Crippen molar-refractivity contribution in [2.24, 2.45) is 0 Å². The third-order valence-corrected chi connectivity index (χ3v) is 9.95. The van der Waals surface area contributed by atoms with E-state index >= 15 is 0 Å². The first-order valence-corrected chi connectivity index (χ1v) is 13.1. The summed E-state index contributed by atoms with van der Waals surface area (Å²) in [6, 6.07) is 39.5. The molecular weight excluding hydrogens is 423 g/mol. The number of carbonyl (C=O) groups is 2. The fourth-order valence-electron chi connectivity index (χ4n) is 4.07. The zero-order valence-electron chi connectivity index (χ0n) is 18.8. The highest BCUT2D eigenvalue weighted by atomic mass is 31.2. The molecule has 1 aliphatic rings. The summed E-state index contributed by atoms with van der Waals surface area (Å²) in [5, 5.41) is 4.28. The van der Waals surface area contributed by atoms with Crippen LogP contribution in [0.3, 0.4) is 0 Å². The van der Waals surface area contributed by atoms with Crippen LogP contribution in [0.5, 0.6) is 0 Å². The fraction of sp³-hybridized carbons (Fsp3) is 0.0667. The van der Waals surface area contributed by atoms with Crippen LogP contribution in [0, 0.1) is 0 Å². The Morgan fingerprint density at radius 3 is 1.30 bits per heavy atom. The molecule has 162 valence electrons. The van der Waals surface area contributed by atoms with Crippen molar-refractivity contribution < 1.29 is 9.59 Å². The molecule has 0 radical (unpaired) electrons. The Balaban J connectivity index is 0.000000172. The van der Waals surface area contributed by atoms with E-state index in [1.807, 2.05) is 0 Å². The van der Waals surface area contributed by atoms with E-state index in [1.54, 1.807) is 31.2 Å². The monoisotopic (exact) mass is 449 g/mol. The smallest absolute Gasteiger partial charge is 0.189 e. The number of benzene rings is 4. The van der Waals surface area contributed by atoms with E-state index in [4.69, 9.17) is 0 Å². The van der Waals surface area contributed by atoms with E-state index in [-0.39, 0.29) is 11.6 Å². The topological polar surface area (TPSA) is 34.1 Å². The van der Waals surface area contributed by atoms with E-state index in [1.165, 1.54) is 22.0 Å². The highest BCUT2D eigenvalue weighted by Crippen LogP contribution is 2.51. The SMILES string of the molecule is CC1=CC(=O)c2ccccc2C1=O.C[P+](c1ccccc1)(c1ccccc1)c1ccccc1. The van der Waals surface area contributed by atoms with Crippen molar-refractivity contribution in [3.63, 3.8) is 0 Å². The van der Waals surface area contributed by atoms with Gasteiger partial charge in [-0.25, -0.2) is 0 Å². The summed E-state index contributed by atoms with van der Waals surface area (Å²) in [6.45, 7) is 4.07. The number of ketones is 2. The molecule has 0 saturated carbocycles. The second-order valence-electron chi connectivity index (χ2n) is 8.08. The molecule has 4 aromatic rings. The van der Waals surface area contributed by atoms with Gasteiger partial charge in [-0.2, -0.15) is 0 Å². The summed E-state index contributed by atoms with van der Waals surface area (Å²) in [5.41, 5.74) is 1.55. The van der Waals surface area contributed by atoms with Crippen LogP contribution in [0.25, 0.3) is 0 Å². The van der Waals surface area contributed by atoms with Crippen LogP contribution in [0.2, 0.25) is 0 Å². The Labute approximate surface area is 196 Å². The lowest BCUT2D eigenvalue weighted by Crippen LogP contribution is -2.30. The molecule has 0 amide bonds. The van der Waals surface area contributed by atoms with Gasteiger partial charge in [0.15, 0.2) is 11.6 Å². The number of rotatable bonds is 3. The van der Waals surface area contributed by atoms with Gasteiger partial charge in [-0.3, -0.25) is 9.59 Å². The highest BCUT2D eigenvalue weighted by molar-refractivity contribution is 7.95. The van der Waals surface area contributed by atoms with E-state index in [2.05, 4.69) is 97.7 Å². The van der Waals surface area contributed by atoms with E-state index in [9.17, 15) is 9.59 Å². The first-order chi connectivity index (χ1) is 16.0. The number of fused-ring (bicyclic) bond motifs is 1. The van der Waals surface area contributed by atoms with Gasteiger partial charge in [0.2, 0.25) is 0 Å². The van der Waals surface area contributed by atoms with Gasteiger partial charge in [0.05, 0.1) is 6.66 Å². The van der Waals surface area contributed by atoms with Crippen LogP contribution in [-0.2, 0) is 0 Å². The molecule has 0 fully saturated rings. The van der Waals surface area contributed by atoms with Crippen molar-refractivity contribution in [2.75, 3.05) is 6.66 Å². The number of carbonyl (C=O) groups excluding carboxylic acids is 2. The first-order valence-electron chi connectivity index (χ1n) is 10.9. The quantitative estimate of drug-likeness (QED) is 0.380. The molecule has 0 spiro atoms. The number of Topliss-reactive ketones (excluding diaryl/α,β-unsaturated/α-hetero) is 1. The normalized spacial score (nSPS) is 12.8. The standard InChI is InChI=1S/C19H18P.C11H8O2/c1-20(17-11-5-2-6-12-17,18-13-7-3-8-14-18)19-15-9-4-10-16-19;1-7-6-10(12)8-4-2-3-5-9(8)11(7)13/h2-16H,1H3;2-6H,1H3/q+1;. The predicted molar refractivity (Wildman–Crippen MR) is 140 cm³/mol. The summed E-state index contributed by atoms with van der Waals surface area (Å²) in [4.78, 5) is 23.0. The Bertz CT molecular complexity index is 1200. The fourth-order valence-corrected chi connectivity index (χ4v) is 7.27. The summed E-state index contributed by atoms with van der Waals surface area (Å²) in [5.74, 6) is -0.122. The van der Waals surface area contributed by atoms with Crippen molar-refractivity contribution in [2.45, 2.75) is 6.92 Å². The van der Waals surface area contributed by atoms with Gasteiger partial charge in [0.25, 0.3) is 0 Å². The highest BCUT2D eigenvalue weighted by Gasteiger charge is 2.39. The molecule has 0 heterocycles. The van der Waals surface area contributed by atoms with Crippen molar-refractivity contribution in [1.82, 2.24) is 0 Å². The molecule has 3 heteroatoms. The molecule has 5 rings (SSSR count). The summed E-state index contributed by atoms with van der Waals surface area (Å²) >= 11 is 0. The van der Waals surface area contributed by atoms with Crippen LogP contribution in [0.15, 0.2) is 127 Å². The minimum Gasteiger partial charge on any atom is -0.289 e. The molecule has 33 heavy (non-hydrogen) atoms.